The lowest BCUT2D eigenvalue weighted by molar-refractivity contribution is 0.0594. The molecule has 20 heavy (non-hydrogen) atoms. The molecule has 3 nitrogen and oxygen atoms in total. The highest BCUT2D eigenvalue weighted by Gasteiger charge is 2.29. The van der Waals surface area contributed by atoms with Crippen LogP contribution in [0.2, 0.25) is 0 Å². The normalized spacial score (nSPS) is 21.9. The zero-order valence-corrected chi connectivity index (χ0v) is 14.7. The van der Waals surface area contributed by atoms with Crippen molar-refractivity contribution in [3.05, 3.63) is 0 Å². The fourth-order valence-corrected chi connectivity index (χ4v) is 2.96. The molecule has 0 aromatic heterocycles. The van der Waals surface area contributed by atoms with Gasteiger partial charge in [0.1, 0.15) is 0 Å². The van der Waals surface area contributed by atoms with Crippen molar-refractivity contribution in [1.29, 1.82) is 0 Å². The van der Waals surface area contributed by atoms with Crippen molar-refractivity contribution in [3.8, 4) is 0 Å². The van der Waals surface area contributed by atoms with E-state index >= 15 is 0 Å². The number of rotatable bonds is 8. The van der Waals surface area contributed by atoms with Gasteiger partial charge in [0.25, 0.3) is 0 Å². The molecule has 0 amide bonds. The van der Waals surface area contributed by atoms with Gasteiger partial charge in [0, 0.05) is 44.3 Å². The monoisotopic (exact) mass is 283 g/mol. The maximum absolute atomic E-state index is 3.83. The van der Waals surface area contributed by atoms with E-state index in [1.165, 1.54) is 45.4 Å². The predicted molar refractivity (Wildman–Crippen MR) is 89.3 cm³/mol. The fourth-order valence-electron chi connectivity index (χ4n) is 2.96. The highest BCUT2D eigenvalue weighted by atomic mass is 15.3. The first-order valence-electron chi connectivity index (χ1n) is 8.56. The van der Waals surface area contributed by atoms with E-state index in [0.717, 1.165) is 12.5 Å². The van der Waals surface area contributed by atoms with Crippen LogP contribution in [0.4, 0.5) is 0 Å². The Balaban J connectivity index is 2.40. The highest BCUT2D eigenvalue weighted by Crippen LogP contribution is 2.18. The summed E-state index contributed by atoms with van der Waals surface area (Å²) in [5.41, 5.74) is 0.268. The van der Waals surface area contributed by atoms with Crippen molar-refractivity contribution >= 4 is 0 Å². The van der Waals surface area contributed by atoms with E-state index in [1.807, 2.05) is 0 Å². The van der Waals surface area contributed by atoms with Gasteiger partial charge in [-0.2, -0.15) is 0 Å². The molecule has 0 aromatic carbocycles. The van der Waals surface area contributed by atoms with Crippen LogP contribution in [-0.4, -0.2) is 61.2 Å². The van der Waals surface area contributed by atoms with Crippen LogP contribution in [0, 0.1) is 5.92 Å². The minimum atomic E-state index is 0.268. The van der Waals surface area contributed by atoms with Crippen molar-refractivity contribution in [2.24, 2.45) is 5.92 Å². The number of likely N-dealkylation sites (N-methyl/N-ethyl adjacent to an activating group) is 1. The van der Waals surface area contributed by atoms with Gasteiger partial charge in [-0.25, -0.2) is 0 Å². The summed E-state index contributed by atoms with van der Waals surface area (Å²) in [4.78, 5) is 5.08. The van der Waals surface area contributed by atoms with Gasteiger partial charge in [0.2, 0.25) is 0 Å². The standard InChI is InChI=1S/C17H37N3/c1-7-15(3)13-16(8-2)18-14-17(4,5)20-11-9-19(6)10-12-20/h15-16,18H,7-14H2,1-6H3. The van der Waals surface area contributed by atoms with Gasteiger partial charge in [-0.15, -0.1) is 0 Å². The summed E-state index contributed by atoms with van der Waals surface area (Å²) in [6.45, 7) is 17.7. The quantitative estimate of drug-likeness (QED) is 0.739. The molecule has 2 unspecified atom stereocenters. The molecule has 1 aliphatic rings. The molecule has 1 heterocycles. The van der Waals surface area contributed by atoms with E-state index in [0.29, 0.717) is 6.04 Å². The smallest absolute Gasteiger partial charge is 0.0278 e. The summed E-state index contributed by atoms with van der Waals surface area (Å²) in [5.74, 6) is 0.833. The second-order valence-electron chi connectivity index (χ2n) is 7.34. The van der Waals surface area contributed by atoms with Crippen LogP contribution in [0.5, 0.6) is 0 Å². The Bertz CT molecular complexity index is 257. The molecule has 2 atom stereocenters. The fraction of sp³-hybridized carbons (Fsp3) is 1.00. The average molecular weight is 284 g/mol. The predicted octanol–water partition coefficient (Wildman–Crippen LogP) is 2.82. The van der Waals surface area contributed by atoms with Crippen molar-refractivity contribution < 1.29 is 0 Å². The van der Waals surface area contributed by atoms with Gasteiger partial charge in [-0.05, 0) is 39.7 Å². The van der Waals surface area contributed by atoms with Crippen molar-refractivity contribution in [2.45, 2.75) is 65.5 Å². The number of hydrogen-bond acceptors (Lipinski definition) is 3. The third-order valence-corrected chi connectivity index (χ3v) is 5.06. The first-order valence-corrected chi connectivity index (χ1v) is 8.56. The van der Waals surface area contributed by atoms with Crippen molar-refractivity contribution in [2.75, 3.05) is 39.8 Å². The average Bonchev–Trinajstić information content (AvgIpc) is 2.43. The second-order valence-corrected chi connectivity index (χ2v) is 7.34. The number of nitrogens with one attached hydrogen (secondary N) is 1. The molecule has 1 rings (SSSR count). The maximum Gasteiger partial charge on any atom is 0.0278 e. The summed E-state index contributed by atoms with van der Waals surface area (Å²) in [7, 11) is 2.22. The first-order chi connectivity index (χ1) is 9.39. The topological polar surface area (TPSA) is 18.5 Å². The molecule has 0 aliphatic carbocycles. The van der Waals surface area contributed by atoms with Gasteiger partial charge in [-0.3, -0.25) is 4.90 Å². The number of piperazine rings is 1. The van der Waals surface area contributed by atoms with E-state index in [4.69, 9.17) is 0 Å². The minimum absolute atomic E-state index is 0.268. The van der Waals surface area contributed by atoms with Crippen LogP contribution in [0.25, 0.3) is 0 Å². The zero-order chi connectivity index (χ0) is 15.2. The van der Waals surface area contributed by atoms with Gasteiger partial charge in [0.05, 0.1) is 0 Å². The molecular formula is C17H37N3. The third-order valence-electron chi connectivity index (χ3n) is 5.06. The van der Waals surface area contributed by atoms with Crippen LogP contribution in [0.15, 0.2) is 0 Å². The van der Waals surface area contributed by atoms with Crippen LogP contribution in [0.1, 0.15) is 53.9 Å². The third kappa shape index (κ3) is 5.71. The zero-order valence-electron chi connectivity index (χ0n) is 14.7. The van der Waals surface area contributed by atoms with Gasteiger partial charge >= 0.3 is 0 Å². The lowest BCUT2D eigenvalue weighted by Crippen LogP contribution is -2.58. The van der Waals surface area contributed by atoms with Crippen LogP contribution < -0.4 is 5.32 Å². The van der Waals surface area contributed by atoms with E-state index in [2.05, 4.69) is 56.8 Å². The van der Waals surface area contributed by atoms with Gasteiger partial charge in [-0.1, -0.05) is 27.2 Å². The molecule has 0 bridgehead atoms. The molecule has 0 aromatic rings. The molecular weight excluding hydrogens is 246 g/mol. The van der Waals surface area contributed by atoms with Crippen LogP contribution in [-0.2, 0) is 0 Å². The Labute approximate surface area is 127 Å². The first kappa shape index (κ1) is 17.9. The molecule has 1 saturated heterocycles. The molecule has 1 N–H and O–H groups in total. The Morgan fingerprint density at radius 2 is 1.65 bits per heavy atom. The van der Waals surface area contributed by atoms with Crippen LogP contribution >= 0.6 is 0 Å². The lowest BCUT2D eigenvalue weighted by Gasteiger charge is -2.44. The Morgan fingerprint density at radius 1 is 1.05 bits per heavy atom. The SMILES string of the molecule is CCC(C)CC(CC)NCC(C)(C)N1CCN(C)CC1. The summed E-state index contributed by atoms with van der Waals surface area (Å²) in [6, 6.07) is 0.677. The highest BCUT2D eigenvalue weighted by molar-refractivity contribution is 4.88. The molecule has 0 saturated carbocycles. The van der Waals surface area contributed by atoms with Crippen molar-refractivity contribution in [1.82, 2.24) is 15.1 Å². The Kier molecular flexibility index (Phi) is 7.49. The molecule has 0 radical (unpaired) electrons. The second kappa shape index (κ2) is 8.35. The number of nitrogens with zero attached hydrogens (tertiary/aromatic N) is 2. The summed E-state index contributed by atoms with van der Waals surface area (Å²) >= 11 is 0. The minimum Gasteiger partial charge on any atom is -0.312 e. The maximum atomic E-state index is 3.83. The largest absolute Gasteiger partial charge is 0.312 e. The van der Waals surface area contributed by atoms with E-state index in [1.54, 1.807) is 0 Å². The van der Waals surface area contributed by atoms with Gasteiger partial charge < -0.3 is 10.2 Å². The van der Waals surface area contributed by atoms with E-state index < -0.39 is 0 Å². The van der Waals surface area contributed by atoms with Crippen LogP contribution in [0.3, 0.4) is 0 Å². The Hall–Kier alpha value is -0.120. The van der Waals surface area contributed by atoms with E-state index in [-0.39, 0.29) is 5.54 Å². The summed E-state index contributed by atoms with van der Waals surface area (Å²) in [6.07, 6.45) is 3.84. The van der Waals surface area contributed by atoms with Gasteiger partial charge in [0.15, 0.2) is 0 Å². The molecule has 1 fully saturated rings. The molecule has 1 aliphatic heterocycles. The van der Waals surface area contributed by atoms with E-state index in [9.17, 15) is 0 Å². The summed E-state index contributed by atoms with van der Waals surface area (Å²) in [5, 5.41) is 3.83. The molecule has 3 heteroatoms. The molecule has 0 spiro atoms. The summed E-state index contributed by atoms with van der Waals surface area (Å²) < 4.78 is 0. The lowest BCUT2D eigenvalue weighted by atomic mass is 9.96. The molecule has 120 valence electrons. The Morgan fingerprint density at radius 3 is 2.15 bits per heavy atom. The number of hydrogen-bond donors (Lipinski definition) is 1. The van der Waals surface area contributed by atoms with Crippen molar-refractivity contribution in [3.63, 3.8) is 0 Å².